The van der Waals surface area contributed by atoms with Crippen molar-refractivity contribution in [1.29, 1.82) is 0 Å². The summed E-state index contributed by atoms with van der Waals surface area (Å²) in [6.45, 7) is 0. The van der Waals surface area contributed by atoms with E-state index in [0.29, 0.717) is 16.5 Å². The van der Waals surface area contributed by atoms with E-state index in [0.717, 1.165) is 0 Å². The van der Waals surface area contributed by atoms with Crippen LogP contribution in [0.2, 0.25) is 0 Å². The summed E-state index contributed by atoms with van der Waals surface area (Å²) >= 11 is 0. The van der Waals surface area contributed by atoms with Crippen LogP contribution in [0.5, 0.6) is 11.6 Å². The van der Waals surface area contributed by atoms with Crippen LogP contribution in [0.25, 0.3) is 10.8 Å². The minimum Gasteiger partial charge on any atom is -0.438 e. The van der Waals surface area contributed by atoms with E-state index in [2.05, 4.69) is 9.97 Å². The Bertz CT molecular complexity index is 992. The van der Waals surface area contributed by atoms with Crippen molar-refractivity contribution in [3.05, 3.63) is 64.6 Å². The molecule has 0 fully saturated rings. The van der Waals surface area contributed by atoms with E-state index in [1.807, 2.05) is 0 Å². The molecule has 0 bridgehead atoms. The Kier molecular flexibility index (Phi) is 4.72. The van der Waals surface area contributed by atoms with Crippen LogP contribution in [0.4, 0.5) is 5.69 Å². The van der Waals surface area contributed by atoms with Gasteiger partial charge in [0.25, 0.3) is 11.6 Å². The number of ether oxygens (including phenoxy) is 2. The maximum atomic E-state index is 11.4. The van der Waals surface area contributed by atoms with Gasteiger partial charge in [-0.3, -0.25) is 14.9 Å². The predicted octanol–water partition coefficient (Wildman–Crippen LogP) is 2.50. The zero-order valence-corrected chi connectivity index (χ0v) is 13.7. The largest absolute Gasteiger partial charge is 0.438 e. The van der Waals surface area contributed by atoms with Crippen LogP contribution in [0.15, 0.2) is 48.8 Å². The van der Waals surface area contributed by atoms with Gasteiger partial charge in [-0.05, 0) is 12.1 Å². The number of nitro benzene ring substituents is 1. The summed E-state index contributed by atoms with van der Waals surface area (Å²) in [4.78, 5) is 30.1. The monoisotopic (exact) mass is 354 g/mol. The third-order valence-electron chi connectivity index (χ3n) is 3.70. The van der Waals surface area contributed by atoms with Crippen molar-refractivity contribution in [2.24, 2.45) is 5.73 Å². The SMILES string of the molecule is COC(C(N)=O)c1cc(Oc2ccc([N+](=O)[O-])c3ccccc23)ncn1. The molecule has 1 heterocycles. The molecule has 132 valence electrons. The maximum absolute atomic E-state index is 11.4. The first-order valence-electron chi connectivity index (χ1n) is 7.49. The molecule has 0 aliphatic heterocycles. The fraction of sp³-hybridized carbons (Fsp3) is 0.118. The van der Waals surface area contributed by atoms with E-state index < -0.39 is 16.9 Å². The van der Waals surface area contributed by atoms with Gasteiger partial charge in [-0.1, -0.05) is 18.2 Å². The number of hydrogen-bond acceptors (Lipinski definition) is 7. The van der Waals surface area contributed by atoms with Crippen molar-refractivity contribution in [3.63, 3.8) is 0 Å². The van der Waals surface area contributed by atoms with Gasteiger partial charge < -0.3 is 15.2 Å². The molecule has 1 unspecified atom stereocenters. The zero-order chi connectivity index (χ0) is 18.7. The van der Waals surface area contributed by atoms with E-state index in [-0.39, 0.29) is 17.3 Å². The number of non-ortho nitro benzene ring substituents is 1. The van der Waals surface area contributed by atoms with Crippen LogP contribution in [-0.2, 0) is 9.53 Å². The third kappa shape index (κ3) is 3.28. The maximum Gasteiger partial charge on any atom is 0.277 e. The molecule has 26 heavy (non-hydrogen) atoms. The molecule has 1 amide bonds. The molecular weight excluding hydrogens is 340 g/mol. The number of carbonyl (C=O) groups excluding carboxylic acids is 1. The lowest BCUT2D eigenvalue weighted by Gasteiger charge is -2.12. The van der Waals surface area contributed by atoms with Gasteiger partial charge in [-0.2, -0.15) is 0 Å². The van der Waals surface area contributed by atoms with Gasteiger partial charge in [0.1, 0.15) is 12.1 Å². The first kappa shape index (κ1) is 17.2. The first-order chi connectivity index (χ1) is 12.5. The Morgan fingerprint density at radius 2 is 1.92 bits per heavy atom. The highest BCUT2D eigenvalue weighted by Gasteiger charge is 2.20. The summed E-state index contributed by atoms with van der Waals surface area (Å²) in [6, 6.07) is 11.1. The van der Waals surface area contributed by atoms with Crippen molar-refractivity contribution in [1.82, 2.24) is 9.97 Å². The molecule has 0 saturated carbocycles. The molecule has 0 radical (unpaired) electrons. The Morgan fingerprint density at radius 1 is 1.19 bits per heavy atom. The molecule has 9 heteroatoms. The van der Waals surface area contributed by atoms with Crippen molar-refractivity contribution in [2.75, 3.05) is 7.11 Å². The van der Waals surface area contributed by atoms with Crippen LogP contribution >= 0.6 is 0 Å². The van der Waals surface area contributed by atoms with Crippen molar-refractivity contribution in [2.45, 2.75) is 6.10 Å². The molecule has 0 saturated heterocycles. The second-order valence-electron chi connectivity index (χ2n) is 5.29. The van der Waals surface area contributed by atoms with Crippen molar-refractivity contribution < 1.29 is 19.2 Å². The lowest BCUT2D eigenvalue weighted by atomic mass is 10.1. The lowest BCUT2D eigenvalue weighted by Crippen LogP contribution is -2.23. The smallest absolute Gasteiger partial charge is 0.277 e. The Hall–Kier alpha value is -3.59. The zero-order valence-electron chi connectivity index (χ0n) is 13.7. The molecule has 1 aromatic heterocycles. The third-order valence-corrected chi connectivity index (χ3v) is 3.70. The molecule has 0 aliphatic rings. The molecule has 0 spiro atoms. The normalized spacial score (nSPS) is 11.9. The standard InChI is InChI=1S/C17H14N4O5/c1-25-16(17(18)22)12-8-15(20-9-19-12)26-14-7-6-13(21(23)24)10-4-2-3-5-11(10)14/h2-9,16H,1H3,(H2,18,22). The topological polar surface area (TPSA) is 130 Å². The summed E-state index contributed by atoms with van der Waals surface area (Å²) in [7, 11) is 1.34. The predicted molar refractivity (Wildman–Crippen MR) is 91.7 cm³/mol. The average Bonchev–Trinajstić information content (AvgIpc) is 2.62. The van der Waals surface area contributed by atoms with Gasteiger partial charge in [0.05, 0.1) is 16.0 Å². The number of nitrogens with zero attached hydrogens (tertiary/aromatic N) is 3. The van der Waals surface area contributed by atoms with Gasteiger partial charge in [0, 0.05) is 24.6 Å². The second-order valence-corrected chi connectivity index (χ2v) is 5.29. The number of nitro groups is 1. The number of primary amides is 1. The van der Waals surface area contributed by atoms with Gasteiger partial charge in [0.15, 0.2) is 6.10 Å². The number of hydrogen-bond donors (Lipinski definition) is 1. The molecule has 9 nitrogen and oxygen atoms in total. The molecule has 1 atom stereocenters. The van der Waals surface area contributed by atoms with E-state index in [1.165, 1.54) is 31.6 Å². The van der Waals surface area contributed by atoms with Crippen molar-refractivity contribution in [3.8, 4) is 11.6 Å². The lowest BCUT2D eigenvalue weighted by molar-refractivity contribution is -0.383. The quantitative estimate of drug-likeness (QED) is 0.531. The molecular formula is C17H14N4O5. The molecule has 2 N–H and O–H groups in total. The summed E-state index contributed by atoms with van der Waals surface area (Å²) in [6.07, 6.45) is 0.182. The van der Waals surface area contributed by atoms with Crippen molar-refractivity contribution >= 4 is 22.4 Å². The number of amides is 1. The highest BCUT2D eigenvalue weighted by Crippen LogP contribution is 2.35. The number of nitrogens with two attached hydrogens (primary N) is 1. The number of aromatic nitrogens is 2. The van der Waals surface area contributed by atoms with Gasteiger partial charge in [-0.25, -0.2) is 9.97 Å². The summed E-state index contributed by atoms with van der Waals surface area (Å²) in [5.74, 6) is -0.167. The number of rotatable bonds is 6. The van der Waals surface area contributed by atoms with E-state index in [4.69, 9.17) is 15.2 Å². The van der Waals surface area contributed by atoms with Gasteiger partial charge in [-0.15, -0.1) is 0 Å². The van der Waals surface area contributed by atoms with Gasteiger partial charge in [0.2, 0.25) is 5.88 Å². The summed E-state index contributed by atoms with van der Waals surface area (Å²) in [5.41, 5.74) is 5.50. The number of benzene rings is 2. The summed E-state index contributed by atoms with van der Waals surface area (Å²) in [5, 5.41) is 12.2. The Labute approximate surface area is 147 Å². The van der Waals surface area contributed by atoms with E-state index >= 15 is 0 Å². The molecule has 0 aliphatic carbocycles. The second kappa shape index (κ2) is 7.11. The number of carbonyl (C=O) groups is 1. The first-order valence-corrected chi connectivity index (χ1v) is 7.49. The average molecular weight is 354 g/mol. The Balaban J connectivity index is 2.01. The van der Waals surface area contributed by atoms with Crippen LogP contribution in [0, 0.1) is 10.1 Å². The fourth-order valence-electron chi connectivity index (χ4n) is 2.55. The van der Waals surface area contributed by atoms with Crippen LogP contribution in [0.1, 0.15) is 11.8 Å². The van der Waals surface area contributed by atoms with Crippen LogP contribution in [0.3, 0.4) is 0 Å². The minimum atomic E-state index is -1.03. The minimum absolute atomic E-state index is 0.0236. The van der Waals surface area contributed by atoms with Crippen LogP contribution < -0.4 is 10.5 Å². The Morgan fingerprint density at radius 3 is 2.58 bits per heavy atom. The van der Waals surface area contributed by atoms with E-state index in [9.17, 15) is 14.9 Å². The van der Waals surface area contributed by atoms with Gasteiger partial charge >= 0.3 is 0 Å². The van der Waals surface area contributed by atoms with E-state index in [1.54, 1.807) is 24.3 Å². The molecule has 3 rings (SSSR count). The number of fused-ring (bicyclic) bond motifs is 1. The molecule has 2 aromatic carbocycles. The fourth-order valence-corrected chi connectivity index (χ4v) is 2.55. The highest BCUT2D eigenvalue weighted by atomic mass is 16.6. The summed E-state index contributed by atoms with van der Waals surface area (Å²) < 4.78 is 10.8. The highest BCUT2D eigenvalue weighted by molar-refractivity contribution is 5.95. The van der Waals surface area contributed by atoms with Crippen LogP contribution in [-0.4, -0.2) is 27.9 Å². The number of methoxy groups -OCH3 is 1. The molecule has 3 aromatic rings.